The molecule has 138 valence electrons. The van der Waals surface area contributed by atoms with Crippen LogP contribution < -0.4 is 5.32 Å². The van der Waals surface area contributed by atoms with Crippen molar-refractivity contribution in [3.8, 4) is 0 Å². The number of carbonyl (C=O) groups is 1. The van der Waals surface area contributed by atoms with Crippen molar-refractivity contribution in [2.75, 3.05) is 25.9 Å². The van der Waals surface area contributed by atoms with Gasteiger partial charge in [-0.1, -0.05) is 30.3 Å². The third-order valence-electron chi connectivity index (χ3n) is 4.85. The third kappa shape index (κ3) is 5.26. The summed E-state index contributed by atoms with van der Waals surface area (Å²) in [7, 11) is -1.02. The van der Waals surface area contributed by atoms with Crippen molar-refractivity contribution >= 4 is 16.7 Å². The van der Waals surface area contributed by atoms with Gasteiger partial charge in [0.25, 0.3) is 5.91 Å². The maximum absolute atomic E-state index is 12.3. The van der Waals surface area contributed by atoms with Gasteiger partial charge in [-0.15, -0.1) is 0 Å². The zero-order valence-electron chi connectivity index (χ0n) is 15.2. The molecule has 4 nitrogen and oxygen atoms in total. The van der Waals surface area contributed by atoms with E-state index >= 15 is 0 Å². The molecule has 1 saturated heterocycles. The van der Waals surface area contributed by atoms with Gasteiger partial charge in [-0.2, -0.15) is 0 Å². The van der Waals surface area contributed by atoms with Crippen LogP contribution in [0.1, 0.15) is 28.8 Å². The van der Waals surface area contributed by atoms with Crippen molar-refractivity contribution < 1.29 is 9.00 Å². The quantitative estimate of drug-likeness (QED) is 0.850. The van der Waals surface area contributed by atoms with Gasteiger partial charge in [0.05, 0.1) is 0 Å². The highest BCUT2D eigenvalue weighted by atomic mass is 32.2. The summed E-state index contributed by atoms with van der Waals surface area (Å²) in [4.78, 5) is 15.6. The largest absolute Gasteiger partial charge is 0.352 e. The standard InChI is InChI=1S/C21H26N2O2S/c1-26(25)20-11-9-19(10-12-20)21(24)22-14-18-8-5-13-23(16-18)15-17-6-3-2-4-7-17/h2-4,6-7,9-12,18H,5,8,13-16H2,1H3,(H,22,24)/t18-,26+/m0/s1. The molecule has 1 heterocycles. The Hall–Kier alpha value is -1.98. The first-order chi connectivity index (χ1) is 12.6. The average Bonchev–Trinajstić information content (AvgIpc) is 2.67. The first-order valence-corrected chi connectivity index (χ1v) is 10.7. The Morgan fingerprint density at radius 3 is 2.58 bits per heavy atom. The van der Waals surface area contributed by atoms with E-state index in [1.165, 1.54) is 12.0 Å². The van der Waals surface area contributed by atoms with Crippen LogP contribution in [0.2, 0.25) is 0 Å². The van der Waals surface area contributed by atoms with Crippen LogP contribution in [-0.2, 0) is 17.3 Å². The number of nitrogens with one attached hydrogen (secondary N) is 1. The van der Waals surface area contributed by atoms with E-state index in [-0.39, 0.29) is 5.91 Å². The van der Waals surface area contributed by atoms with Gasteiger partial charge >= 0.3 is 0 Å². The second-order valence-electron chi connectivity index (χ2n) is 6.92. The highest BCUT2D eigenvalue weighted by Gasteiger charge is 2.20. The van der Waals surface area contributed by atoms with E-state index in [0.29, 0.717) is 18.0 Å². The Balaban J connectivity index is 1.49. The van der Waals surface area contributed by atoms with Gasteiger partial charge in [0, 0.05) is 47.1 Å². The van der Waals surface area contributed by atoms with Crippen molar-refractivity contribution in [2.24, 2.45) is 5.92 Å². The lowest BCUT2D eigenvalue weighted by atomic mass is 9.97. The van der Waals surface area contributed by atoms with Crippen LogP contribution >= 0.6 is 0 Å². The van der Waals surface area contributed by atoms with Gasteiger partial charge in [0.2, 0.25) is 0 Å². The highest BCUT2D eigenvalue weighted by Crippen LogP contribution is 2.18. The van der Waals surface area contributed by atoms with E-state index in [2.05, 4.69) is 34.5 Å². The summed E-state index contributed by atoms with van der Waals surface area (Å²) in [6.07, 6.45) is 3.96. The second-order valence-corrected chi connectivity index (χ2v) is 8.30. The lowest BCUT2D eigenvalue weighted by Gasteiger charge is -2.32. The SMILES string of the molecule is C[S@@](=O)c1ccc(C(=O)NC[C@@H]2CCCN(Cc3ccccc3)C2)cc1. The lowest BCUT2D eigenvalue weighted by molar-refractivity contribution is 0.0930. The average molecular weight is 371 g/mol. The molecule has 1 aliphatic heterocycles. The molecule has 0 radical (unpaired) electrons. The molecule has 26 heavy (non-hydrogen) atoms. The minimum Gasteiger partial charge on any atom is -0.352 e. The summed E-state index contributed by atoms with van der Waals surface area (Å²) in [5.74, 6) is 0.428. The molecule has 1 aliphatic rings. The first kappa shape index (κ1) is 18.8. The molecule has 1 amide bonds. The lowest BCUT2D eigenvalue weighted by Crippen LogP contribution is -2.40. The number of hydrogen-bond donors (Lipinski definition) is 1. The zero-order chi connectivity index (χ0) is 18.4. The summed E-state index contributed by atoms with van der Waals surface area (Å²) in [5.41, 5.74) is 1.96. The minimum absolute atomic E-state index is 0.0568. The van der Waals surface area contributed by atoms with Crippen molar-refractivity contribution in [1.82, 2.24) is 10.2 Å². The van der Waals surface area contributed by atoms with Crippen LogP contribution in [0.15, 0.2) is 59.5 Å². The van der Waals surface area contributed by atoms with Crippen LogP contribution in [0, 0.1) is 5.92 Å². The molecule has 3 rings (SSSR count). The molecule has 0 aliphatic carbocycles. The van der Waals surface area contributed by atoms with Crippen LogP contribution in [-0.4, -0.2) is 40.9 Å². The smallest absolute Gasteiger partial charge is 0.251 e. The van der Waals surface area contributed by atoms with Crippen LogP contribution in [0.25, 0.3) is 0 Å². The van der Waals surface area contributed by atoms with Crippen molar-refractivity contribution in [2.45, 2.75) is 24.3 Å². The Kier molecular flexibility index (Phi) is 6.58. The Morgan fingerprint density at radius 2 is 1.88 bits per heavy atom. The summed E-state index contributed by atoms with van der Waals surface area (Å²) in [6, 6.07) is 17.5. The molecule has 2 aromatic carbocycles. The van der Waals surface area contributed by atoms with Crippen LogP contribution in [0.4, 0.5) is 0 Å². The van der Waals surface area contributed by atoms with Gasteiger partial charge in [-0.25, -0.2) is 0 Å². The summed E-state index contributed by atoms with van der Waals surface area (Å²) < 4.78 is 11.4. The molecule has 0 aromatic heterocycles. The van der Waals surface area contributed by atoms with Crippen LogP contribution in [0.5, 0.6) is 0 Å². The maximum Gasteiger partial charge on any atom is 0.251 e. The number of amides is 1. The zero-order valence-corrected chi connectivity index (χ0v) is 16.0. The minimum atomic E-state index is -1.02. The normalized spacial score (nSPS) is 19.0. The number of likely N-dealkylation sites (tertiary alicyclic amines) is 1. The number of nitrogens with zero attached hydrogens (tertiary/aromatic N) is 1. The van der Waals surface area contributed by atoms with E-state index in [1.807, 2.05) is 6.07 Å². The van der Waals surface area contributed by atoms with E-state index in [9.17, 15) is 9.00 Å². The molecule has 0 spiro atoms. The molecule has 1 fully saturated rings. The number of piperidine rings is 1. The monoisotopic (exact) mass is 370 g/mol. The second kappa shape index (κ2) is 9.10. The van der Waals surface area contributed by atoms with Gasteiger partial charge < -0.3 is 5.32 Å². The van der Waals surface area contributed by atoms with Gasteiger partial charge in [-0.05, 0) is 55.1 Å². The van der Waals surface area contributed by atoms with Crippen molar-refractivity contribution in [1.29, 1.82) is 0 Å². The summed E-state index contributed by atoms with van der Waals surface area (Å²) in [6.45, 7) is 3.81. The fraction of sp³-hybridized carbons (Fsp3) is 0.381. The van der Waals surface area contributed by atoms with E-state index < -0.39 is 10.8 Å². The molecule has 5 heteroatoms. The van der Waals surface area contributed by atoms with E-state index in [4.69, 9.17) is 0 Å². The Bertz CT molecular complexity index is 746. The molecule has 0 unspecified atom stereocenters. The Morgan fingerprint density at radius 1 is 1.15 bits per heavy atom. The van der Waals surface area contributed by atoms with Gasteiger partial charge in [0.1, 0.15) is 0 Å². The van der Waals surface area contributed by atoms with E-state index in [0.717, 1.165) is 31.0 Å². The fourth-order valence-electron chi connectivity index (χ4n) is 3.44. The predicted octanol–water partition coefficient (Wildman–Crippen LogP) is 3.07. The van der Waals surface area contributed by atoms with E-state index in [1.54, 1.807) is 30.5 Å². The highest BCUT2D eigenvalue weighted by molar-refractivity contribution is 7.84. The van der Waals surface area contributed by atoms with Crippen molar-refractivity contribution in [3.05, 3.63) is 65.7 Å². The summed E-state index contributed by atoms with van der Waals surface area (Å²) in [5, 5.41) is 3.06. The molecule has 2 atom stereocenters. The number of hydrogen-bond acceptors (Lipinski definition) is 3. The number of benzene rings is 2. The topological polar surface area (TPSA) is 49.4 Å². The molecule has 2 aromatic rings. The Labute approximate surface area is 158 Å². The first-order valence-electron chi connectivity index (χ1n) is 9.10. The molecule has 0 bridgehead atoms. The fourth-order valence-corrected chi connectivity index (χ4v) is 3.96. The van der Waals surface area contributed by atoms with Crippen molar-refractivity contribution in [3.63, 3.8) is 0 Å². The molecule has 0 saturated carbocycles. The maximum atomic E-state index is 12.3. The summed E-state index contributed by atoms with van der Waals surface area (Å²) >= 11 is 0. The number of carbonyl (C=O) groups excluding carboxylic acids is 1. The molecular formula is C21H26N2O2S. The van der Waals surface area contributed by atoms with Gasteiger partial charge in [0.15, 0.2) is 0 Å². The molecule has 1 N–H and O–H groups in total. The van der Waals surface area contributed by atoms with Crippen LogP contribution in [0.3, 0.4) is 0 Å². The van der Waals surface area contributed by atoms with Gasteiger partial charge in [-0.3, -0.25) is 13.9 Å². The predicted molar refractivity (Wildman–Crippen MR) is 106 cm³/mol. The third-order valence-corrected chi connectivity index (χ3v) is 5.79. The number of rotatable bonds is 6. The molecular weight excluding hydrogens is 344 g/mol.